The molecule has 3 amide bonds. The molecule has 0 unspecified atom stereocenters. The van der Waals surface area contributed by atoms with Crippen molar-refractivity contribution in [3.8, 4) is 0 Å². The van der Waals surface area contributed by atoms with E-state index in [0.29, 0.717) is 17.3 Å². The SMILES string of the molecule is Cc1cc(NC(=O)CN(C(=O)Nc2cccc(Br)c2)C2CC2)no1. The average molecular weight is 393 g/mol. The van der Waals surface area contributed by atoms with Gasteiger partial charge in [-0.25, -0.2) is 4.79 Å². The van der Waals surface area contributed by atoms with Crippen molar-refractivity contribution < 1.29 is 14.1 Å². The van der Waals surface area contributed by atoms with E-state index in [1.165, 1.54) is 0 Å². The molecule has 24 heavy (non-hydrogen) atoms. The summed E-state index contributed by atoms with van der Waals surface area (Å²) < 4.78 is 5.78. The predicted molar refractivity (Wildman–Crippen MR) is 92.8 cm³/mol. The van der Waals surface area contributed by atoms with Crippen molar-refractivity contribution in [3.05, 3.63) is 40.6 Å². The lowest BCUT2D eigenvalue weighted by molar-refractivity contribution is -0.116. The van der Waals surface area contributed by atoms with Gasteiger partial charge in [0, 0.05) is 22.3 Å². The number of aromatic nitrogens is 1. The monoisotopic (exact) mass is 392 g/mol. The van der Waals surface area contributed by atoms with Crippen LogP contribution in [0.15, 0.2) is 39.3 Å². The summed E-state index contributed by atoms with van der Waals surface area (Å²) >= 11 is 3.36. The maximum atomic E-state index is 12.5. The van der Waals surface area contributed by atoms with Gasteiger partial charge < -0.3 is 20.1 Å². The molecule has 1 aliphatic rings. The summed E-state index contributed by atoms with van der Waals surface area (Å²) in [6, 6.07) is 8.75. The van der Waals surface area contributed by atoms with Gasteiger partial charge in [0.1, 0.15) is 12.3 Å². The Bertz CT molecular complexity index is 757. The lowest BCUT2D eigenvalue weighted by Crippen LogP contribution is -2.42. The number of carbonyl (C=O) groups excluding carboxylic acids is 2. The third kappa shape index (κ3) is 4.35. The number of anilines is 2. The van der Waals surface area contributed by atoms with Crippen LogP contribution in [0.3, 0.4) is 0 Å². The molecule has 2 N–H and O–H groups in total. The Kier molecular flexibility index (Phi) is 4.84. The van der Waals surface area contributed by atoms with Gasteiger partial charge in [-0.3, -0.25) is 4.79 Å². The van der Waals surface area contributed by atoms with Gasteiger partial charge in [0.2, 0.25) is 5.91 Å². The maximum absolute atomic E-state index is 12.5. The first-order valence-electron chi connectivity index (χ1n) is 7.57. The Labute approximate surface area is 147 Å². The summed E-state index contributed by atoms with van der Waals surface area (Å²) in [5.41, 5.74) is 0.674. The number of nitrogens with one attached hydrogen (secondary N) is 2. The largest absolute Gasteiger partial charge is 0.360 e. The van der Waals surface area contributed by atoms with Crippen LogP contribution in [0, 0.1) is 6.92 Å². The van der Waals surface area contributed by atoms with Gasteiger partial charge in [-0.2, -0.15) is 0 Å². The van der Waals surface area contributed by atoms with Gasteiger partial charge in [0.25, 0.3) is 0 Å². The van der Waals surface area contributed by atoms with Crippen LogP contribution in [0.4, 0.5) is 16.3 Å². The number of hydrogen-bond donors (Lipinski definition) is 2. The van der Waals surface area contributed by atoms with Gasteiger partial charge in [0.05, 0.1) is 0 Å². The van der Waals surface area contributed by atoms with E-state index in [-0.39, 0.29) is 24.5 Å². The number of carbonyl (C=O) groups is 2. The van der Waals surface area contributed by atoms with Crippen LogP contribution in [0.5, 0.6) is 0 Å². The minimum Gasteiger partial charge on any atom is -0.360 e. The molecule has 126 valence electrons. The fraction of sp³-hybridized carbons (Fsp3) is 0.312. The Morgan fingerprint density at radius 1 is 1.33 bits per heavy atom. The predicted octanol–water partition coefficient (Wildman–Crippen LogP) is 3.38. The fourth-order valence-corrected chi connectivity index (χ4v) is 2.68. The van der Waals surface area contributed by atoms with Crippen LogP contribution in [-0.4, -0.2) is 34.6 Å². The van der Waals surface area contributed by atoms with Crippen LogP contribution in [-0.2, 0) is 4.79 Å². The smallest absolute Gasteiger partial charge is 0.322 e. The first-order valence-corrected chi connectivity index (χ1v) is 8.37. The van der Waals surface area contributed by atoms with Crippen LogP contribution in [0.2, 0.25) is 0 Å². The molecule has 0 bridgehead atoms. The van der Waals surface area contributed by atoms with Crippen molar-refractivity contribution >= 4 is 39.4 Å². The van der Waals surface area contributed by atoms with E-state index in [1.54, 1.807) is 30.0 Å². The van der Waals surface area contributed by atoms with E-state index >= 15 is 0 Å². The molecule has 8 heteroatoms. The molecule has 1 aliphatic carbocycles. The quantitative estimate of drug-likeness (QED) is 0.816. The van der Waals surface area contributed by atoms with Crippen molar-refractivity contribution in [2.75, 3.05) is 17.2 Å². The third-order valence-corrected chi connectivity index (χ3v) is 4.03. The highest BCUT2D eigenvalue weighted by Crippen LogP contribution is 2.27. The summed E-state index contributed by atoms with van der Waals surface area (Å²) in [6.45, 7) is 1.71. The molecule has 2 aromatic rings. The molecule has 0 aliphatic heterocycles. The lowest BCUT2D eigenvalue weighted by Gasteiger charge is -2.22. The van der Waals surface area contributed by atoms with E-state index in [1.807, 2.05) is 12.1 Å². The fourth-order valence-electron chi connectivity index (χ4n) is 2.28. The molecule has 1 fully saturated rings. The molecule has 0 saturated heterocycles. The van der Waals surface area contributed by atoms with E-state index in [4.69, 9.17) is 4.52 Å². The summed E-state index contributed by atoms with van der Waals surface area (Å²) in [5, 5.41) is 9.17. The van der Waals surface area contributed by atoms with E-state index < -0.39 is 0 Å². The molecule has 0 atom stereocenters. The van der Waals surface area contributed by atoms with Crippen LogP contribution < -0.4 is 10.6 Å². The minimum atomic E-state index is -0.306. The molecular weight excluding hydrogens is 376 g/mol. The number of amides is 3. The minimum absolute atomic E-state index is 0.0313. The van der Waals surface area contributed by atoms with Gasteiger partial charge in [-0.1, -0.05) is 27.2 Å². The molecule has 0 spiro atoms. The molecule has 7 nitrogen and oxygen atoms in total. The second-order valence-electron chi connectivity index (χ2n) is 5.67. The molecule has 1 saturated carbocycles. The molecule has 0 radical (unpaired) electrons. The molecule has 1 aromatic heterocycles. The summed E-state index contributed by atoms with van der Waals surface area (Å²) in [4.78, 5) is 26.2. The highest BCUT2D eigenvalue weighted by molar-refractivity contribution is 9.10. The zero-order valence-corrected chi connectivity index (χ0v) is 14.7. The second-order valence-corrected chi connectivity index (χ2v) is 6.59. The molecule has 1 heterocycles. The van der Waals surface area contributed by atoms with Crippen molar-refractivity contribution in [2.24, 2.45) is 0 Å². The van der Waals surface area contributed by atoms with E-state index in [2.05, 4.69) is 31.7 Å². The maximum Gasteiger partial charge on any atom is 0.322 e. The third-order valence-electron chi connectivity index (χ3n) is 3.53. The van der Waals surface area contributed by atoms with Gasteiger partial charge in [-0.15, -0.1) is 0 Å². The number of urea groups is 1. The zero-order valence-electron chi connectivity index (χ0n) is 13.1. The van der Waals surface area contributed by atoms with Crippen molar-refractivity contribution in [1.82, 2.24) is 10.1 Å². The lowest BCUT2D eigenvalue weighted by atomic mass is 10.3. The second kappa shape index (κ2) is 7.04. The van der Waals surface area contributed by atoms with E-state index in [9.17, 15) is 9.59 Å². The Balaban J connectivity index is 1.61. The molecule has 1 aromatic carbocycles. The number of rotatable bonds is 5. The topological polar surface area (TPSA) is 87.5 Å². The van der Waals surface area contributed by atoms with Crippen molar-refractivity contribution in [3.63, 3.8) is 0 Å². The van der Waals surface area contributed by atoms with Crippen molar-refractivity contribution in [2.45, 2.75) is 25.8 Å². The van der Waals surface area contributed by atoms with Crippen molar-refractivity contribution in [1.29, 1.82) is 0 Å². The summed E-state index contributed by atoms with van der Waals surface area (Å²) in [7, 11) is 0. The Morgan fingerprint density at radius 3 is 2.75 bits per heavy atom. The number of benzene rings is 1. The summed E-state index contributed by atoms with van der Waals surface area (Å²) in [6.07, 6.45) is 1.81. The first-order chi connectivity index (χ1) is 11.5. The average Bonchev–Trinajstić information content (AvgIpc) is 3.28. The number of halogens is 1. The standard InChI is InChI=1S/C16H17BrN4O3/c1-10-7-14(20-24-10)19-15(22)9-21(13-5-6-13)16(23)18-12-4-2-3-11(17)8-12/h2-4,7-8,13H,5-6,9H2,1H3,(H,18,23)(H,19,20,22). The first kappa shape index (κ1) is 16.5. The Morgan fingerprint density at radius 2 is 2.12 bits per heavy atom. The highest BCUT2D eigenvalue weighted by Gasteiger charge is 2.34. The Hall–Kier alpha value is -2.35. The number of hydrogen-bond acceptors (Lipinski definition) is 4. The normalized spacial score (nSPS) is 13.4. The van der Waals surface area contributed by atoms with Crippen LogP contribution in [0.25, 0.3) is 0 Å². The number of aryl methyl sites for hydroxylation is 1. The van der Waals surface area contributed by atoms with E-state index in [0.717, 1.165) is 17.3 Å². The zero-order chi connectivity index (χ0) is 17.1. The number of nitrogens with zero attached hydrogens (tertiary/aromatic N) is 2. The van der Waals surface area contributed by atoms with Crippen LogP contribution >= 0.6 is 15.9 Å². The highest BCUT2D eigenvalue weighted by atomic mass is 79.9. The molecular formula is C16H17BrN4O3. The van der Waals surface area contributed by atoms with Gasteiger partial charge in [0.15, 0.2) is 5.82 Å². The summed E-state index contributed by atoms with van der Waals surface area (Å²) in [5.74, 6) is 0.650. The van der Waals surface area contributed by atoms with Crippen LogP contribution in [0.1, 0.15) is 18.6 Å². The van der Waals surface area contributed by atoms with Gasteiger partial charge in [-0.05, 0) is 38.0 Å². The molecule has 3 rings (SSSR count). The van der Waals surface area contributed by atoms with Gasteiger partial charge >= 0.3 is 6.03 Å².